The lowest BCUT2D eigenvalue weighted by Gasteiger charge is -2.30. The summed E-state index contributed by atoms with van der Waals surface area (Å²) in [5, 5.41) is 21.7. The highest BCUT2D eigenvalue weighted by atomic mass is 16.5. The lowest BCUT2D eigenvalue weighted by Crippen LogP contribution is -2.31. The third-order valence-corrected chi connectivity index (χ3v) is 6.11. The average Bonchev–Trinajstić information content (AvgIpc) is 2.87. The highest BCUT2D eigenvalue weighted by Crippen LogP contribution is 2.30. The van der Waals surface area contributed by atoms with Gasteiger partial charge in [0, 0.05) is 6.04 Å². The molecule has 0 aliphatic heterocycles. The van der Waals surface area contributed by atoms with Crippen molar-refractivity contribution < 1.29 is 14.7 Å². The first-order valence-electron chi connectivity index (χ1n) is 13.0. The highest BCUT2D eigenvalue weighted by Gasteiger charge is 2.22. The smallest absolute Gasteiger partial charge is 0.119 e. The number of ether oxygens (including phenoxy) is 2. The summed E-state index contributed by atoms with van der Waals surface area (Å²) >= 11 is 0. The van der Waals surface area contributed by atoms with E-state index in [9.17, 15) is 10.4 Å². The van der Waals surface area contributed by atoms with E-state index in [1.165, 1.54) is 51.4 Å². The summed E-state index contributed by atoms with van der Waals surface area (Å²) in [4.78, 5) is 0. The summed E-state index contributed by atoms with van der Waals surface area (Å²) in [5.74, 6) is 1.58. The molecule has 2 atom stereocenters. The molecule has 0 heterocycles. The lowest BCUT2D eigenvalue weighted by molar-refractivity contribution is 0.109. The molecule has 0 aliphatic rings. The Morgan fingerprint density at radius 1 is 0.647 bits per heavy atom. The van der Waals surface area contributed by atoms with Gasteiger partial charge in [-0.3, -0.25) is 0 Å². The van der Waals surface area contributed by atoms with Gasteiger partial charge in [0.2, 0.25) is 0 Å². The van der Waals surface area contributed by atoms with E-state index in [4.69, 9.17) is 9.47 Å². The molecule has 6 heteroatoms. The second kappa shape index (κ2) is 17.3. The zero-order valence-corrected chi connectivity index (χ0v) is 20.9. The fourth-order valence-electron chi connectivity index (χ4n) is 4.00. The van der Waals surface area contributed by atoms with Crippen LogP contribution in [-0.2, 0) is 0 Å². The Bertz CT molecular complexity index is 687. The normalized spacial score (nSPS) is 12.9. The van der Waals surface area contributed by atoms with Gasteiger partial charge in [0.25, 0.3) is 0 Å². The van der Waals surface area contributed by atoms with Gasteiger partial charge in [0.05, 0.1) is 19.3 Å². The van der Waals surface area contributed by atoms with E-state index in [0.29, 0.717) is 13.2 Å². The van der Waals surface area contributed by atoms with Gasteiger partial charge in [-0.2, -0.15) is 5.48 Å². The summed E-state index contributed by atoms with van der Waals surface area (Å²) in [6.07, 6.45) is 12.0. The fraction of sp³-hybridized carbons (Fsp3) is 0.571. The Morgan fingerprint density at radius 2 is 1.06 bits per heavy atom. The van der Waals surface area contributed by atoms with Gasteiger partial charge in [0.1, 0.15) is 11.5 Å². The third kappa shape index (κ3) is 10.0. The van der Waals surface area contributed by atoms with Crippen LogP contribution < -0.4 is 20.4 Å². The van der Waals surface area contributed by atoms with E-state index in [1.807, 2.05) is 48.5 Å². The van der Waals surface area contributed by atoms with E-state index in [1.54, 1.807) is 0 Å². The SMILES string of the molecule is CCCCCCCOc1ccc(C(N[O-])C(NO)c2ccc(OCCCCCCC)cc2)cc1. The number of hydrogen-bond acceptors (Lipinski definition) is 6. The van der Waals surface area contributed by atoms with Gasteiger partial charge < -0.3 is 25.4 Å². The number of nitrogens with one attached hydrogen (secondary N) is 2. The van der Waals surface area contributed by atoms with Crippen LogP contribution in [0, 0.1) is 5.21 Å². The molecule has 0 aliphatic carbocycles. The van der Waals surface area contributed by atoms with Crippen molar-refractivity contribution >= 4 is 0 Å². The van der Waals surface area contributed by atoms with Crippen molar-refractivity contribution in [1.82, 2.24) is 11.0 Å². The Balaban J connectivity index is 1.88. The maximum atomic E-state index is 11.8. The molecule has 0 saturated carbocycles. The number of hydroxylamine groups is 2. The van der Waals surface area contributed by atoms with Crippen LogP contribution in [0.3, 0.4) is 0 Å². The molecular formula is C28H43N2O4-. The molecular weight excluding hydrogens is 428 g/mol. The third-order valence-electron chi connectivity index (χ3n) is 6.11. The zero-order valence-electron chi connectivity index (χ0n) is 20.9. The lowest BCUT2D eigenvalue weighted by atomic mass is 9.94. The molecule has 34 heavy (non-hydrogen) atoms. The van der Waals surface area contributed by atoms with Crippen molar-refractivity contribution in [3.8, 4) is 11.5 Å². The Hall–Kier alpha value is -2.12. The van der Waals surface area contributed by atoms with Crippen molar-refractivity contribution in [2.24, 2.45) is 0 Å². The van der Waals surface area contributed by atoms with Crippen molar-refractivity contribution in [1.29, 1.82) is 0 Å². The molecule has 0 fully saturated rings. The molecule has 6 nitrogen and oxygen atoms in total. The number of unbranched alkanes of at least 4 members (excludes halogenated alkanes) is 8. The van der Waals surface area contributed by atoms with Crippen LogP contribution in [0.1, 0.15) is 101 Å². The Kier molecular flexibility index (Phi) is 14.3. The molecule has 2 unspecified atom stereocenters. The van der Waals surface area contributed by atoms with Gasteiger partial charge in [-0.15, -0.1) is 0 Å². The maximum absolute atomic E-state index is 11.8. The van der Waals surface area contributed by atoms with E-state index >= 15 is 0 Å². The second-order valence-corrected chi connectivity index (χ2v) is 8.87. The predicted octanol–water partition coefficient (Wildman–Crippen LogP) is 7.23. The minimum Gasteiger partial charge on any atom is -0.787 e. The van der Waals surface area contributed by atoms with Crippen LogP contribution >= 0.6 is 0 Å². The van der Waals surface area contributed by atoms with E-state index < -0.39 is 12.1 Å². The molecule has 2 rings (SSSR count). The van der Waals surface area contributed by atoms with E-state index in [0.717, 1.165) is 35.5 Å². The minimum absolute atomic E-state index is 0.606. The second-order valence-electron chi connectivity index (χ2n) is 8.87. The summed E-state index contributed by atoms with van der Waals surface area (Å²) in [6.45, 7) is 5.81. The summed E-state index contributed by atoms with van der Waals surface area (Å²) in [7, 11) is 0. The summed E-state index contributed by atoms with van der Waals surface area (Å²) in [6, 6.07) is 13.7. The highest BCUT2D eigenvalue weighted by molar-refractivity contribution is 5.34. The monoisotopic (exact) mass is 471 g/mol. The first kappa shape index (κ1) is 28.1. The Labute approximate surface area is 205 Å². The van der Waals surface area contributed by atoms with Crippen LogP contribution in [-0.4, -0.2) is 18.4 Å². The molecule has 0 aromatic heterocycles. The summed E-state index contributed by atoms with van der Waals surface area (Å²) < 4.78 is 11.6. The van der Waals surface area contributed by atoms with Crippen molar-refractivity contribution in [3.63, 3.8) is 0 Å². The van der Waals surface area contributed by atoms with Crippen molar-refractivity contribution in [3.05, 3.63) is 64.9 Å². The molecule has 3 N–H and O–H groups in total. The first-order chi connectivity index (χ1) is 16.7. The standard InChI is InChI=1S/C28H43N2O4/c1-3-5-7-9-11-21-33-25-17-13-23(14-18-25)27(29-31)28(30-32)24-15-19-26(20-16-24)34-22-12-10-8-6-4-2/h13-20,27-31H,3-12,21-22H2,1-2H3/q-1. The molecule has 2 aromatic rings. The average molecular weight is 472 g/mol. The van der Waals surface area contributed by atoms with Gasteiger partial charge >= 0.3 is 0 Å². The Morgan fingerprint density at radius 3 is 1.44 bits per heavy atom. The van der Waals surface area contributed by atoms with Gasteiger partial charge in [0.15, 0.2) is 0 Å². The van der Waals surface area contributed by atoms with Gasteiger partial charge in [-0.05, 0) is 48.2 Å². The topological polar surface area (TPSA) is 85.8 Å². The molecule has 0 spiro atoms. The van der Waals surface area contributed by atoms with E-state index in [2.05, 4.69) is 24.8 Å². The van der Waals surface area contributed by atoms with Crippen LogP contribution in [0.15, 0.2) is 48.5 Å². The quantitative estimate of drug-likeness (QED) is 0.148. The molecule has 0 saturated heterocycles. The van der Waals surface area contributed by atoms with Gasteiger partial charge in [-0.1, -0.05) is 89.5 Å². The molecule has 0 amide bonds. The number of hydrogen-bond donors (Lipinski definition) is 3. The van der Waals surface area contributed by atoms with E-state index in [-0.39, 0.29) is 0 Å². The number of rotatable bonds is 19. The zero-order chi connectivity index (χ0) is 24.4. The van der Waals surface area contributed by atoms with Gasteiger partial charge in [-0.25, -0.2) is 0 Å². The molecule has 0 radical (unpaired) electrons. The number of benzene rings is 2. The fourth-order valence-corrected chi connectivity index (χ4v) is 4.00. The van der Waals surface area contributed by atoms with Crippen LogP contribution in [0.5, 0.6) is 11.5 Å². The molecule has 2 aromatic carbocycles. The van der Waals surface area contributed by atoms with Crippen LogP contribution in [0.2, 0.25) is 0 Å². The van der Waals surface area contributed by atoms with Crippen LogP contribution in [0.4, 0.5) is 0 Å². The molecule has 0 bridgehead atoms. The largest absolute Gasteiger partial charge is 0.787 e. The van der Waals surface area contributed by atoms with Crippen molar-refractivity contribution in [2.75, 3.05) is 13.2 Å². The molecule has 190 valence electrons. The summed E-state index contributed by atoms with van der Waals surface area (Å²) in [5.41, 5.74) is 5.94. The minimum atomic E-state index is -0.654. The van der Waals surface area contributed by atoms with Crippen LogP contribution in [0.25, 0.3) is 0 Å². The first-order valence-corrected chi connectivity index (χ1v) is 13.0. The maximum Gasteiger partial charge on any atom is 0.119 e. The predicted molar refractivity (Wildman–Crippen MR) is 138 cm³/mol. The van der Waals surface area contributed by atoms with Crippen molar-refractivity contribution in [2.45, 2.75) is 90.1 Å².